The molecule has 0 fully saturated rings. The second-order valence-corrected chi connectivity index (χ2v) is 6.14. The Kier molecular flexibility index (Phi) is 3.80. The van der Waals surface area contributed by atoms with Crippen LogP contribution in [0.5, 0.6) is 0 Å². The summed E-state index contributed by atoms with van der Waals surface area (Å²) in [6, 6.07) is 9.20. The van der Waals surface area contributed by atoms with E-state index in [2.05, 4.69) is 10.1 Å². The van der Waals surface area contributed by atoms with E-state index < -0.39 is 5.97 Å². The van der Waals surface area contributed by atoms with Crippen LogP contribution in [0.1, 0.15) is 32.4 Å². The van der Waals surface area contributed by atoms with Gasteiger partial charge in [0.25, 0.3) is 5.91 Å². The number of hydrogen-bond donors (Lipinski definition) is 1. The zero-order valence-electron chi connectivity index (χ0n) is 14.2. The quantitative estimate of drug-likeness (QED) is 0.773. The summed E-state index contributed by atoms with van der Waals surface area (Å²) in [5.74, 6) is -0.479. The van der Waals surface area contributed by atoms with Crippen LogP contribution in [0.4, 0.5) is 0 Å². The fourth-order valence-corrected chi connectivity index (χ4v) is 3.21. The number of rotatable bonds is 4. The SMILES string of the molecule is Cc1nccn1-c1ccccc1CN1CCn2nc(C(=O)O)cc2C1=O. The fourth-order valence-electron chi connectivity index (χ4n) is 3.21. The van der Waals surface area contributed by atoms with Crippen molar-refractivity contribution in [2.75, 3.05) is 6.54 Å². The van der Waals surface area contributed by atoms with Crippen LogP contribution >= 0.6 is 0 Å². The molecule has 132 valence electrons. The summed E-state index contributed by atoms with van der Waals surface area (Å²) in [7, 11) is 0. The summed E-state index contributed by atoms with van der Waals surface area (Å²) in [4.78, 5) is 29.8. The van der Waals surface area contributed by atoms with E-state index in [4.69, 9.17) is 5.11 Å². The molecule has 0 aliphatic carbocycles. The minimum Gasteiger partial charge on any atom is -0.476 e. The van der Waals surface area contributed by atoms with Crippen LogP contribution in [0.15, 0.2) is 42.7 Å². The largest absolute Gasteiger partial charge is 0.476 e. The van der Waals surface area contributed by atoms with Crippen LogP contribution in [-0.4, -0.2) is 47.8 Å². The first kappa shape index (κ1) is 16.1. The first-order valence-electron chi connectivity index (χ1n) is 8.23. The molecule has 1 N–H and O–H groups in total. The fraction of sp³-hybridized carbons (Fsp3) is 0.222. The summed E-state index contributed by atoms with van der Waals surface area (Å²) < 4.78 is 3.45. The highest BCUT2D eigenvalue weighted by atomic mass is 16.4. The predicted molar refractivity (Wildman–Crippen MR) is 92.2 cm³/mol. The lowest BCUT2D eigenvalue weighted by Gasteiger charge is -2.28. The number of carboxylic acids is 1. The van der Waals surface area contributed by atoms with Crippen LogP contribution in [0.3, 0.4) is 0 Å². The third-order valence-corrected chi connectivity index (χ3v) is 4.53. The molecule has 0 saturated carbocycles. The third-order valence-electron chi connectivity index (χ3n) is 4.53. The Bertz CT molecular complexity index is 1000. The van der Waals surface area contributed by atoms with Crippen molar-refractivity contribution in [2.24, 2.45) is 0 Å². The molecule has 1 aromatic carbocycles. The number of amides is 1. The molecule has 4 rings (SSSR count). The molecule has 0 atom stereocenters. The number of benzene rings is 1. The molecule has 2 aromatic heterocycles. The summed E-state index contributed by atoms with van der Waals surface area (Å²) in [5.41, 5.74) is 2.17. The molecule has 8 heteroatoms. The molecular formula is C18H17N5O3. The van der Waals surface area contributed by atoms with Gasteiger partial charge in [0.05, 0.1) is 12.2 Å². The van der Waals surface area contributed by atoms with Gasteiger partial charge in [-0.05, 0) is 18.6 Å². The third kappa shape index (κ3) is 2.65. The number of fused-ring (bicyclic) bond motifs is 1. The van der Waals surface area contributed by atoms with Crippen molar-refractivity contribution in [3.8, 4) is 5.69 Å². The molecular weight excluding hydrogens is 334 g/mol. The number of hydrogen-bond acceptors (Lipinski definition) is 4. The van der Waals surface area contributed by atoms with Gasteiger partial charge in [0.2, 0.25) is 0 Å². The van der Waals surface area contributed by atoms with E-state index in [0.717, 1.165) is 17.1 Å². The number of aryl methyl sites for hydroxylation is 1. The normalized spacial score (nSPS) is 13.7. The van der Waals surface area contributed by atoms with Crippen molar-refractivity contribution in [3.63, 3.8) is 0 Å². The van der Waals surface area contributed by atoms with Gasteiger partial charge in [-0.2, -0.15) is 5.10 Å². The van der Waals surface area contributed by atoms with Gasteiger partial charge in [0.1, 0.15) is 11.5 Å². The van der Waals surface area contributed by atoms with Gasteiger partial charge in [-0.25, -0.2) is 9.78 Å². The van der Waals surface area contributed by atoms with Crippen LogP contribution in [0.25, 0.3) is 5.69 Å². The van der Waals surface area contributed by atoms with E-state index in [1.807, 2.05) is 42.0 Å². The lowest BCUT2D eigenvalue weighted by molar-refractivity contribution is 0.0670. The Morgan fingerprint density at radius 1 is 1.27 bits per heavy atom. The van der Waals surface area contributed by atoms with Gasteiger partial charge in [-0.15, -0.1) is 0 Å². The highest BCUT2D eigenvalue weighted by Gasteiger charge is 2.28. The summed E-state index contributed by atoms with van der Waals surface area (Å²) in [6.07, 6.45) is 3.63. The van der Waals surface area contributed by atoms with Crippen molar-refractivity contribution in [3.05, 3.63) is 65.5 Å². The van der Waals surface area contributed by atoms with Gasteiger partial charge in [0, 0.05) is 31.5 Å². The van der Waals surface area contributed by atoms with E-state index in [0.29, 0.717) is 25.3 Å². The molecule has 1 aliphatic rings. The monoisotopic (exact) mass is 351 g/mol. The number of aromatic nitrogens is 4. The minimum absolute atomic E-state index is 0.107. The van der Waals surface area contributed by atoms with Crippen molar-refractivity contribution < 1.29 is 14.7 Å². The van der Waals surface area contributed by atoms with Gasteiger partial charge < -0.3 is 14.6 Å². The Morgan fingerprint density at radius 2 is 2.08 bits per heavy atom. The number of imidazole rings is 1. The maximum atomic E-state index is 12.8. The Hall–Kier alpha value is -3.42. The number of carbonyl (C=O) groups is 2. The lowest BCUT2D eigenvalue weighted by Crippen LogP contribution is -2.40. The topological polar surface area (TPSA) is 93.2 Å². The summed E-state index contributed by atoms with van der Waals surface area (Å²) >= 11 is 0. The Labute approximate surface area is 149 Å². The molecule has 0 bridgehead atoms. The molecule has 0 saturated heterocycles. The Balaban J connectivity index is 1.64. The van der Waals surface area contributed by atoms with E-state index in [1.165, 1.54) is 10.7 Å². The zero-order chi connectivity index (χ0) is 18.3. The van der Waals surface area contributed by atoms with E-state index in [-0.39, 0.29) is 11.6 Å². The number of carbonyl (C=O) groups excluding carboxylic acids is 1. The average Bonchev–Trinajstić information content (AvgIpc) is 3.25. The highest BCUT2D eigenvalue weighted by Crippen LogP contribution is 2.21. The van der Waals surface area contributed by atoms with Crippen LogP contribution < -0.4 is 0 Å². The molecule has 0 unspecified atom stereocenters. The van der Waals surface area contributed by atoms with E-state index >= 15 is 0 Å². The number of nitrogens with zero attached hydrogens (tertiary/aromatic N) is 5. The van der Waals surface area contributed by atoms with Crippen molar-refractivity contribution in [1.82, 2.24) is 24.2 Å². The van der Waals surface area contributed by atoms with Crippen molar-refractivity contribution >= 4 is 11.9 Å². The van der Waals surface area contributed by atoms with Crippen molar-refractivity contribution in [1.29, 1.82) is 0 Å². The maximum absolute atomic E-state index is 12.8. The minimum atomic E-state index is -1.13. The second-order valence-electron chi connectivity index (χ2n) is 6.14. The molecule has 3 aromatic rings. The van der Waals surface area contributed by atoms with Gasteiger partial charge in [0.15, 0.2) is 5.69 Å². The standard InChI is InChI=1S/C18H17N5O3/c1-12-19-6-7-22(12)15-5-3-2-4-13(15)11-21-8-9-23-16(17(21)24)10-14(20-23)18(25)26/h2-7,10H,8-9,11H2,1H3,(H,25,26). The average molecular weight is 351 g/mol. The van der Waals surface area contributed by atoms with Crippen LogP contribution in [0, 0.1) is 6.92 Å². The zero-order valence-corrected chi connectivity index (χ0v) is 14.2. The molecule has 8 nitrogen and oxygen atoms in total. The number of para-hydroxylation sites is 1. The molecule has 1 amide bonds. The first-order chi connectivity index (χ1) is 12.5. The smallest absolute Gasteiger partial charge is 0.356 e. The summed E-state index contributed by atoms with van der Waals surface area (Å²) in [5, 5.41) is 13.0. The molecule has 26 heavy (non-hydrogen) atoms. The van der Waals surface area contributed by atoms with E-state index in [9.17, 15) is 9.59 Å². The number of carboxylic acid groups (broad SMARTS) is 1. The maximum Gasteiger partial charge on any atom is 0.356 e. The molecule has 1 aliphatic heterocycles. The summed E-state index contributed by atoms with van der Waals surface area (Å²) in [6.45, 7) is 3.31. The van der Waals surface area contributed by atoms with Gasteiger partial charge >= 0.3 is 5.97 Å². The number of aromatic carboxylic acids is 1. The molecule has 0 radical (unpaired) electrons. The van der Waals surface area contributed by atoms with Crippen LogP contribution in [0.2, 0.25) is 0 Å². The Morgan fingerprint density at radius 3 is 2.81 bits per heavy atom. The van der Waals surface area contributed by atoms with E-state index in [1.54, 1.807) is 11.1 Å². The molecule has 3 heterocycles. The van der Waals surface area contributed by atoms with Crippen LogP contribution in [-0.2, 0) is 13.1 Å². The van der Waals surface area contributed by atoms with Crippen molar-refractivity contribution in [2.45, 2.75) is 20.0 Å². The first-order valence-corrected chi connectivity index (χ1v) is 8.23. The van der Waals surface area contributed by atoms with Gasteiger partial charge in [-0.3, -0.25) is 9.48 Å². The highest BCUT2D eigenvalue weighted by molar-refractivity contribution is 5.96. The lowest BCUT2D eigenvalue weighted by atomic mass is 10.1. The predicted octanol–water partition coefficient (Wildman–Crippen LogP) is 1.73. The second kappa shape index (κ2) is 6.14. The van der Waals surface area contributed by atoms with Gasteiger partial charge in [-0.1, -0.05) is 18.2 Å². The molecule has 0 spiro atoms.